The smallest absolute Gasteiger partial charge is 0.325 e. The van der Waals surface area contributed by atoms with Crippen LogP contribution < -0.4 is 11.2 Å². The Morgan fingerprint density at radius 2 is 2.00 bits per heavy atom. The largest absolute Gasteiger partial charge is 0.394 e. The predicted octanol–water partition coefficient (Wildman–Crippen LogP) is -0.857. The van der Waals surface area contributed by atoms with E-state index in [2.05, 4.69) is 9.97 Å². The molecule has 0 aliphatic carbocycles. The first-order valence-electron chi connectivity index (χ1n) is 6.05. The number of carbonyl (C=O) groups is 1. The van der Waals surface area contributed by atoms with Crippen molar-refractivity contribution in [2.24, 2.45) is 0 Å². The van der Waals surface area contributed by atoms with Crippen LogP contribution in [0.1, 0.15) is 24.6 Å². The van der Waals surface area contributed by atoms with E-state index < -0.39 is 11.2 Å². The van der Waals surface area contributed by atoms with E-state index in [0.29, 0.717) is 11.3 Å². The number of nitrogens with one attached hydrogen (secondary N) is 2. The molecule has 0 fully saturated rings. The number of H-pyrrole nitrogens is 2. The van der Waals surface area contributed by atoms with E-state index >= 15 is 0 Å². The molecule has 0 aliphatic heterocycles. The first kappa shape index (κ1) is 15.2. The van der Waals surface area contributed by atoms with Crippen LogP contribution in [0.4, 0.5) is 0 Å². The molecule has 7 nitrogen and oxygen atoms in total. The number of hydrogen-bond acceptors (Lipinski definition) is 4. The molecular weight excluding hydrogens is 250 g/mol. The molecule has 0 aromatic carbocycles. The standard InChI is InChI=1S/C12H19N3O4/c1-7(6-16)15(3)10(17)5-4-9-8(2)13-12(19)14-11(9)18/h7,16H,4-6H2,1-3H3,(H2,13,14,18,19). The van der Waals surface area contributed by atoms with Gasteiger partial charge in [-0.15, -0.1) is 0 Å². The van der Waals surface area contributed by atoms with Gasteiger partial charge in [0.05, 0.1) is 12.6 Å². The lowest BCUT2D eigenvalue weighted by molar-refractivity contribution is -0.132. The zero-order chi connectivity index (χ0) is 14.6. The molecule has 106 valence electrons. The summed E-state index contributed by atoms with van der Waals surface area (Å²) in [5, 5.41) is 8.97. The van der Waals surface area contributed by atoms with Crippen molar-refractivity contribution in [3.8, 4) is 0 Å². The van der Waals surface area contributed by atoms with Crippen LogP contribution >= 0.6 is 0 Å². The van der Waals surface area contributed by atoms with Crippen molar-refractivity contribution in [3.05, 3.63) is 32.1 Å². The molecule has 0 radical (unpaired) electrons. The maximum Gasteiger partial charge on any atom is 0.325 e. The van der Waals surface area contributed by atoms with Crippen molar-refractivity contribution in [1.82, 2.24) is 14.9 Å². The van der Waals surface area contributed by atoms with E-state index in [1.165, 1.54) is 4.90 Å². The third-order valence-corrected chi connectivity index (χ3v) is 3.16. The SMILES string of the molecule is Cc1[nH]c(=O)[nH]c(=O)c1CCC(=O)N(C)C(C)CO. The lowest BCUT2D eigenvalue weighted by Gasteiger charge is -2.23. The summed E-state index contributed by atoms with van der Waals surface area (Å²) in [6, 6.07) is -0.262. The maximum atomic E-state index is 11.8. The topological polar surface area (TPSA) is 106 Å². The van der Waals surface area contributed by atoms with E-state index in [4.69, 9.17) is 5.11 Å². The summed E-state index contributed by atoms with van der Waals surface area (Å²) in [5.74, 6) is -0.161. The Bertz CT molecular complexity index is 561. The van der Waals surface area contributed by atoms with E-state index in [1.807, 2.05) is 0 Å². The van der Waals surface area contributed by atoms with Crippen LogP contribution in [-0.4, -0.2) is 45.6 Å². The van der Waals surface area contributed by atoms with E-state index in [9.17, 15) is 14.4 Å². The molecule has 1 unspecified atom stereocenters. The van der Waals surface area contributed by atoms with Crippen LogP contribution in [0.3, 0.4) is 0 Å². The van der Waals surface area contributed by atoms with Gasteiger partial charge in [0.15, 0.2) is 0 Å². The van der Waals surface area contributed by atoms with Gasteiger partial charge in [0.25, 0.3) is 5.56 Å². The Labute approximate surface area is 110 Å². The second-order valence-corrected chi connectivity index (χ2v) is 4.55. The maximum absolute atomic E-state index is 11.8. The van der Waals surface area contributed by atoms with E-state index in [-0.39, 0.29) is 31.4 Å². The van der Waals surface area contributed by atoms with Gasteiger partial charge in [-0.1, -0.05) is 0 Å². The zero-order valence-electron chi connectivity index (χ0n) is 11.3. The van der Waals surface area contributed by atoms with Gasteiger partial charge in [0.1, 0.15) is 0 Å². The van der Waals surface area contributed by atoms with Gasteiger partial charge in [0, 0.05) is 24.7 Å². The average molecular weight is 269 g/mol. The first-order valence-corrected chi connectivity index (χ1v) is 6.05. The molecule has 0 spiro atoms. The quantitative estimate of drug-likeness (QED) is 0.647. The number of aryl methyl sites for hydroxylation is 1. The van der Waals surface area contributed by atoms with Gasteiger partial charge in [-0.3, -0.25) is 14.6 Å². The number of rotatable bonds is 5. The predicted molar refractivity (Wildman–Crippen MR) is 70.1 cm³/mol. The molecule has 1 atom stereocenters. The highest BCUT2D eigenvalue weighted by Crippen LogP contribution is 2.04. The first-order chi connectivity index (χ1) is 8.86. The second kappa shape index (κ2) is 6.33. The van der Waals surface area contributed by atoms with Crippen molar-refractivity contribution >= 4 is 5.91 Å². The second-order valence-electron chi connectivity index (χ2n) is 4.55. The number of hydrogen-bond donors (Lipinski definition) is 3. The van der Waals surface area contributed by atoms with Gasteiger partial charge in [-0.25, -0.2) is 4.79 Å². The molecule has 1 rings (SSSR count). The number of aromatic nitrogens is 2. The third-order valence-electron chi connectivity index (χ3n) is 3.16. The lowest BCUT2D eigenvalue weighted by atomic mass is 10.1. The Balaban J connectivity index is 2.76. The van der Waals surface area contributed by atoms with Crippen molar-refractivity contribution in [2.75, 3.05) is 13.7 Å². The summed E-state index contributed by atoms with van der Waals surface area (Å²) >= 11 is 0. The van der Waals surface area contributed by atoms with Crippen LogP contribution in [0.25, 0.3) is 0 Å². The minimum atomic E-state index is -0.552. The van der Waals surface area contributed by atoms with Gasteiger partial charge in [-0.2, -0.15) is 0 Å². The molecule has 3 N–H and O–H groups in total. The Morgan fingerprint density at radius 1 is 1.37 bits per heavy atom. The molecule has 0 aliphatic rings. The Hall–Kier alpha value is -1.89. The molecule has 1 aromatic rings. The minimum Gasteiger partial charge on any atom is -0.394 e. The summed E-state index contributed by atoms with van der Waals surface area (Å²) in [5.41, 5.74) is -0.145. The number of aromatic amines is 2. The lowest BCUT2D eigenvalue weighted by Crippen LogP contribution is -2.37. The van der Waals surface area contributed by atoms with Crippen LogP contribution in [-0.2, 0) is 11.2 Å². The summed E-state index contributed by atoms with van der Waals surface area (Å²) < 4.78 is 0. The van der Waals surface area contributed by atoms with Gasteiger partial charge >= 0.3 is 5.69 Å². The van der Waals surface area contributed by atoms with Crippen molar-refractivity contribution < 1.29 is 9.90 Å². The van der Waals surface area contributed by atoms with E-state index in [0.717, 1.165) is 0 Å². The molecule has 0 saturated heterocycles. The summed E-state index contributed by atoms with van der Waals surface area (Å²) in [6.07, 6.45) is 0.399. The van der Waals surface area contributed by atoms with Gasteiger partial charge in [-0.05, 0) is 20.3 Å². The highest BCUT2D eigenvalue weighted by molar-refractivity contribution is 5.76. The number of aliphatic hydroxyl groups is 1. The monoisotopic (exact) mass is 269 g/mol. The summed E-state index contributed by atoms with van der Waals surface area (Å²) in [6.45, 7) is 3.24. The number of carbonyl (C=O) groups excluding carboxylic acids is 1. The molecule has 1 amide bonds. The molecule has 7 heteroatoms. The molecular formula is C12H19N3O4. The van der Waals surface area contributed by atoms with Crippen molar-refractivity contribution in [2.45, 2.75) is 32.7 Å². The number of amides is 1. The Morgan fingerprint density at radius 3 is 2.53 bits per heavy atom. The highest BCUT2D eigenvalue weighted by Gasteiger charge is 2.16. The molecule has 19 heavy (non-hydrogen) atoms. The Kier molecular flexibility index (Phi) is 5.05. The molecule has 1 heterocycles. The van der Waals surface area contributed by atoms with Crippen LogP contribution in [0.5, 0.6) is 0 Å². The van der Waals surface area contributed by atoms with Gasteiger partial charge < -0.3 is 15.0 Å². The molecule has 0 saturated carbocycles. The van der Waals surface area contributed by atoms with Gasteiger partial charge in [0.2, 0.25) is 5.91 Å². The third kappa shape index (κ3) is 3.78. The summed E-state index contributed by atoms with van der Waals surface area (Å²) in [7, 11) is 1.60. The fourth-order valence-corrected chi connectivity index (χ4v) is 1.70. The number of likely N-dealkylation sites (N-methyl/N-ethyl adjacent to an activating group) is 1. The number of nitrogens with zero attached hydrogens (tertiary/aromatic N) is 1. The zero-order valence-corrected chi connectivity index (χ0v) is 11.3. The highest BCUT2D eigenvalue weighted by atomic mass is 16.3. The van der Waals surface area contributed by atoms with Crippen LogP contribution in [0.15, 0.2) is 9.59 Å². The number of aliphatic hydroxyl groups excluding tert-OH is 1. The van der Waals surface area contributed by atoms with Crippen molar-refractivity contribution in [3.63, 3.8) is 0 Å². The average Bonchev–Trinajstić information content (AvgIpc) is 2.35. The van der Waals surface area contributed by atoms with Crippen LogP contribution in [0, 0.1) is 6.92 Å². The molecule has 0 bridgehead atoms. The fourth-order valence-electron chi connectivity index (χ4n) is 1.70. The normalized spacial score (nSPS) is 12.2. The van der Waals surface area contributed by atoms with E-state index in [1.54, 1.807) is 20.9 Å². The van der Waals surface area contributed by atoms with Crippen molar-refractivity contribution in [1.29, 1.82) is 0 Å². The summed E-state index contributed by atoms with van der Waals surface area (Å²) in [4.78, 5) is 40.5. The molecule has 1 aromatic heterocycles. The minimum absolute atomic E-state index is 0.111. The van der Waals surface area contributed by atoms with Crippen LogP contribution in [0.2, 0.25) is 0 Å². The fraction of sp³-hybridized carbons (Fsp3) is 0.583.